The normalized spacial score (nSPS) is 15.5. The summed E-state index contributed by atoms with van der Waals surface area (Å²) in [5.41, 5.74) is 0.811. The van der Waals surface area contributed by atoms with Crippen LogP contribution in [-0.4, -0.2) is 53.0 Å². The first-order valence-electron chi connectivity index (χ1n) is 7.94. The minimum Gasteiger partial charge on any atom is -0.478 e. The van der Waals surface area contributed by atoms with Gasteiger partial charge < -0.3 is 14.4 Å². The number of aromatic carboxylic acids is 1. The van der Waals surface area contributed by atoms with Gasteiger partial charge in [-0.15, -0.1) is 0 Å². The maximum atomic E-state index is 11.4. The van der Waals surface area contributed by atoms with Gasteiger partial charge in [0.25, 0.3) is 0 Å². The smallest absolute Gasteiger partial charge is 0.336 e. The summed E-state index contributed by atoms with van der Waals surface area (Å²) in [5.74, 6) is 0.496. The van der Waals surface area contributed by atoms with Crippen molar-refractivity contribution < 1.29 is 19.1 Å². The number of carbonyl (C=O) groups is 2. The van der Waals surface area contributed by atoms with E-state index in [1.165, 1.54) is 0 Å². The fraction of sp³-hybridized carbons (Fsp3) is 0.333. The zero-order valence-corrected chi connectivity index (χ0v) is 13.6. The third-order valence-electron chi connectivity index (χ3n) is 4.28. The molecular formula is C18H20N2O4. The Hall–Kier alpha value is -2.60. The predicted octanol–water partition coefficient (Wildman–Crippen LogP) is 2.31. The van der Waals surface area contributed by atoms with Gasteiger partial charge in [0.15, 0.2) is 0 Å². The molecule has 126 valence electrons. The summed E-state index contributed by atoms with van der Waals surface area (Å²) < 4.78 is 5.85. The van der Waals surface area contributed by atoms with Crippen LogP contribution in [0.25, 0.3) is 11.3 Å². The zero-order valence-electron chi connectivity index (χ0n) is 13.6. The Balaban J connectivity index is 1.69. The summed E-state index contributed by atoms with van der Waals surface area (Å²) in [5, 5.41) is 9.28. The van der Waals surface area contributed by atoms with Gasteiger partial charge in [0.05, 0.1) is 12.1 Å². The average molecular weight is 328 g/mol. The van der Waals surface area contributed by atoms with Gasteiger partial charge in [0.2, 0.25) is 5.91 Å². The Morgan fingerprint density at radius 2 is 1.79 bits per heavy atom. The first-order valence-corrected chi connectivity index (χ1v) is 7.94. The maximum absolute atomic E-state index is 11.4. The number of benzene rings is 1. The molecule has 2 heterocycles. The Morgan fingerprint density at radius 3 is 2.46 bits per heavy atom. The monoisotopic (exact) mass is 328 g/mol. The number of amides is 1. The molecule has 0 spiro atoms. The van der Waals surface area contributed by atoms with Crippen LogP contribution in [0.2, 0.25) is 0 Å². The van der Waals surface area contributed by atoms with Crippen LogP contribution in [0, 0.1) is 0 Å². The molecular weight excluding hydrogens is 308 g/mol. The van der Waals surface area contributed by atoms with Crippen LogP contribution in [0.1, 0.15) is 23.0 Å². The molecule has 6 nitrogen and oxygen atoms in total. The molecule has 1 aliphatic rings. The van der Waals surface area contributed by atoms with E-state index in [4.69, 9.17) is 4.42 Å². The molecule has 1 aromatic heterocycles. The fourth-order valence-electron chi connectivity index (χ4n) is 2.93. The Morgan fingerprint density at radius 1 is 1.08 bits per heavy atom. The molecule has 2 aromatic rings. The van der Waals surface area contributed by atoms with Crippen molar-refractivity contribution in [1.82, 2.24) is 9.80 Å². The second-order valence-electron chi connectivity index (χ2n) is 5.90. The van der Waals surface area contributed by atoms with Gasteiger partial charge in [-0.05, 0) is 18.2 Å². The van der Waals surface area contributed by atoms with Crippen molar-refractivity contribution in [3.05, 3.63) is 47.7 Å². The molecule has 1 amide bonds. The molecule has 0 atom stereocenters. The molecule has 1 saturated heterocycles. The molecule has 0 aliphatic carbocycles. The van der Waals surface area contributed by atoms with Crippen molar-refractivity contribution in [2.24, 2.45) is 0 Å². The highest BCUT2D eigenvalue weighted by atomic mass is 16.4. The molecule has 3 rings (SSSR count). The van der Waals surface area contributed by atoms with Crippen molar-refractivity contribution in [2.45, 2.75) is 13.5 Å². The molecule has 24 heavy (non-hydrogen) atoms. The van der Waals surface area contributed by atoms with Gasteiger partial charge in [0, 0.05) is 38.7 Å². The molecule has 6 heteroatoms. The Kier molecular flexibility index (Phi) is 4.66. The second-order valence-corrected chi connectivity index (χ2v) is 5.90. The minimum atomic E-state index is -0.969. The standard InChI is InChI=1S/C18H20N2O4/c1-13(21)20-10-8-19(9-11-20)12-14-6-7-17(24-14)15-4-2-3-5-16(15)18(22)23/h2-7H,8-12H2,1H3,(H,22,23). The summed E-state index contributed by atoms with van der Waals surface area (Å²) in [4.78, 5) is 26.7. The van der Waals surface area contributed by atoms with Gasteiger partial charge in [0.1, 0.15) is 11.5 Å². The quantitative estimate of drug-likeness (QED) is 0.932. The Bertz CT molecular complexity index is 745. The van der Waals surface area contributed by atoms with E-state index >= 15 is 0 Å². The molecule has 0 saturated carbocycles. The highest BCUT2D eigenvalue weighted by molar-refractivity contribution is 5.95. The highest BCUT2D eigenvalue weighted by Gasteiger charge is 2.20. The van der Waals surface area contributed by atoms with E-state index in [1.807, 2.05) is 17.0 Å². The molecule has 0 bridgehead atoms. The van der Waals surface area contributed by atoms with Crippen molar-refractivity contribution >= 4 is 11.9 Å². The van der Waals surface area contributed by atoms with Crippen LogP contribution in [0.5, 0.6) is 0 Å². The van der Waals surface area contributed by atoms with E-state index in [0.29, 0.717) is 17.9 Å². The van der Waals surface area contributed by atoms with E-state index in [2.05, 4.69) is 4.90 Å². The predicted molar refractivity (Wildman–Crippen MR) is 88.6 cm³/mol. The molecule has 1 fully saturated rings. The van der Waals surface area contributed by atoms with Crippen LogP contribution in [-0.2, 0) is 11.3 Å². The number of nitrogens with zero attached hydrogens (tertiary/aromatic N) is 2. The summed E-state index contributed by atoms with van der Waals surface area (Å²) in [6.45, 7) is 5.31. The minimum absolute atomic E-state index is 0.111. The first kappa shape index (κ1) is 16.3. The number of rotatable bonds is 4. The van der Waals surface area contributed by atoms with Crippen molar-refractivity contribution in [3.8, 4) is 11.3 Å². The van der Waals surface area contributed by atoms with Gasteiger partial charge in [-0.2, -0.15) is 0 Å². The van der Waals surface area contributed by atoms with Crippen LogP contribution in [0.15, 0.2) is 40.8 Å². The van der Waals surface area contributed by atoms with E-state index < -0.39 is 5.97 Å². The topological polar surface area (TPSA) is 74.0 Å². The van der Waals surface area contributed by atoms with Crippen molar-refractivity contribution in [1.29, 1.82) is 0 Å². The third kappa shape index (κ3) is 3.49. The molecule has 1 N–H and O–H groups in total. The van der Waals surface area contributed by atoms with Gasteiger partial charge in [-0.3, -0.25) is 9.69 Å². The van der Waals surface area contributed by atoms with Crippen LogP contribution >= 0.6 is 0 Å². The number of carbonyl (C=O) groups excluding carboxylic acids is 1. The summed E-state index contributed by atoms with van der Waals surface area (Å²) in [6, 6.07) is 10.5. The summed E-state index contributed by atoms with van der Waals surface area (Å²) in [7, 11) is 0. The van der Waals surface area contributed by atoms with E-state index in [1.54, 1.807) is 31.2 Å². The van der Waals surface area contributed by atoms with E-state index in [-0.39, 0.29) is 11.5 Å². The van der Waals surface area contributed by atoms with Crippen molar-refractivity contribution in [3.63, 3.8) is 0 Å². The third-order valence-corrected chi connectivity index (χ3v) is 4.28. The van der Waals surface area contributed by atoms with Gasteiger partial charge >= 0.3 is 5.97 Å². The van der Waals surface area contributed by atoms with Crippen molar-refractivity contribution in [2.75, 3.05) is 26.2 Å². The van der Waals surface area contributed by atoms with Crippen LogP contribution < -0.4 is 0 Å². The lowest BCUT2D eigenvalue weighted by Crippen LogP contribution is -2.47. The fourth-order valence-corrected chi connectivity index (χ4v) is 2.93. The zero-order chi connectivity index (χ0) is 17.1. The average Bonchev–Trinajstić information content (AvgIpc) is 3.03. The van der Waals surface area contributed by atoms with E-state index in [9.17, 15) is 14.7 Å². The lowest BCUT2D eigenvalue weighted by molar-refractivity contribution is -0.130. The molecule has 1 aliphatic heterocycles. The lowest BCUT2D eigenvalue weighted by atomic mass is 10.1. The number of furan rings is 1. The largest absolute Gasteiger partial charge is 0.478 e. The van der Waals surface area contributed by atoms with Crippen LogP contribution in [0.4, 0.5) is 0 Å². The molecule has 1 aromatic carbocycles. The van der Waals surface area contributed by atoms with Gasteiger partial charge in [-0.25, -0.2) is 4.79 Å². The number of hydrogen-bond donors (Lipinski definition) is 1. The SMILES string of the molecule is CC(=O)N1CCN(Cc2ccc(-c3ccccc3C(=O)O)o2)CC1. The Labute approximate surface area is 140 Å². The second kappa shape index (κ2) is 6.88. The van der Waals surface area contributed by atoms with Gasteiger partial charge in [-0.1, -0.05) is 18.2 Å². The molecule has 0 radical (unpaired) electrons. The lowest BCUT2D eigenvalue weighted by Gasteiger charge is -2.33. The van der Waals surface area contributed by atoms with E-state index in [0.717, 1.165) is 31.9 Å². The van der Waals surface area contributed by atoms with Crippen LogP contribution in [0.3, 0.4) is 0 Å². The summed E-state index contributed by atoms with van der Waals surface area (Å²) in [6.07, 6.45) is 0. The summed E-state index contributed by atoms with van der Waals surface area (Å²) >= 11 is 0. The number of carboxylic acids is 1. The molecule has 0 unspecified atom stereocenters. The maximum Gasteiger partial charge on any atom is 0.336 e. The number of hydrogen-bond acceptors (Lipinski definition) is 4. The number of carboxylic acid groups (broad SMARTS) is 1. The number of piperazine rings is 1. The first-order chi connectivity index (χ1) is 11.5. The highest BCUT2D eigenvalue weighted by Crippen LogP contribution is 2.26.